The summed E-state index contributed by atoms with van der Waals surface area (Å²) in [5.41, 5.74) is 1.83. The van der Waals surface area contributed by atoms with Gasteiger partial charge in [0, 0.05) is 13.6 Å². The molecule has 0 spiro atoms. The molecular weight excluding hydrogens is 325 g/mol. The van der Waals surface area contributed by atoms with Crippen LogP contribution in [-0.2, 0) is 17.8 Å². The minimum absolute atomic E-state index is 0.233. The number of esters is 1. The first-order valence-corrected chi connectivity index (χ1v) is 7.81. The van der Waals surface area contributed by atoms with E-state index < -0.39 is 5.97 Å². The standard InChI is InChI=1S/C18H22FN3O3/c1-11-5-6-13(7-16(11)19)9-21-18(20-3)22-10-14-8-15(12(2)25-14)17(23)24-4/h5-8H,9-10H2,1-4H3,(H2,20,21,22). The van der Waals surface area contributed by atoms with Crippen LogP contribution in [0, 0.1) is 19.7 Å². The van der Waals surface area contributed by atoms with Crippen molar-refractivity contribution in [1.82, 2.24) is 10.6 Å². The Bertz CT molecular complexity index is 784. The van der Waals surface area contributed by atoms with Crippen LogP contribution in [0.3, 0.4) is 0 Å². The van der Waals surface area contributed by atoms with E-state index in [4.69, 9.17) is 9.15 Å². The lowest BCUT2D eigenvalue weighted by Crippen LogP contribution is -2.36. The van der Waals surface area contributed by atoms with E-state index in [1.54, 1.807) is 33.0 Å². The number of carbonyl (C=O) groups excluding carboxylic acids is 1. The van der Waals surface area contributed by atoms with Gasteiger partial charge in [-0.1, -0.05) is 12.1 Å². The average molecular weight is 347 g/mol. The quantitative estimate of drug-likeness (QED) is 0.494. The summed E-state index contributed by atoms with van der Waals surface area (Å²) in [5.74, 6) is 0.957. The lowest BCUT2D eigenvalue weighted by Gasteiger charge is -2.11. The summed E-state index contributed by atoms with van der Waals surface area (Å²) in [6, 6.07) is 6.73. The van der Waals surface area contributed by atoms with Crippen LogP contribution in [0.25, 0.3) is 0 Å². The largest absolute Gasteiger partial charge is 0.465 e. The lowest BCUT2D eigenvalue weighted by molar-refractivity contribution is 0.0599. The second-order valence-corrected chi connectivity index (χ2v) is 5.54. The number of aryl methyl sites for hydroxylation is 2. The van der Waals surface area contributed by atoms with Gasteiger partial charge >= 0.3 is 5.97 Å². The summed E-state index contributed by atoms with van der Waals surface area (Å²) in [4.78, 5) is 15.7. The zero-order valence-electron chi connectivity index (χ0n) is 14.8. The van der Waals surface area contributed by atoms with Crippen molar-refractivity contribution in [3.05, 3.63) is 58.3 Å². The molecule has 6 nitrogen and oxygen atoms in total. The summed E-state index contributed by atoms with van der Waals surface area (Å²) in [5, 5.41) is 6.18. The van der Waals surface area contributed by atoms with Gasteiger partial charge in [-0.3, -0.25) is 4.99 Å². The van der Waals surface area contributed by atoms with Crippen LogP contribution in [0.5, 0.6) is 0 Å². The number of carbonyl (C=O) groups is 1. The number of halogens is 1. The maximum absolute atomic E-state index is 13.6. The molecule has 0 unspecified atom stereocenters. The molecule has 0 amide bonds. The van der Waals surface area contributed by atoms with Gasteiger partial charge in [0.1, 0.15) is 22.9 Å². The van der Waals surface area contributed by atoms with E-state index in [9.17, 15) is 9.18 Å². The van der Waals surface area contributed by atoms with Crippen molar-refractivity contribution in [3.63, 3.8) is 0 Å². The van der Waals surface area contributed by atoms with Gasteiger partial charge in [-0.15, -0.1) is 0 Å². The fraction of sp³-hybridized carbons (Fsp3) is 0.333. The van der Waals surface area contributed by atoms with Gasteiger partial charge in [0.05, 0.1) is 13.7 Å². The molecule has 0 atom stereocenters. The van der Waals surface area contributed by atoms with Crippen molar-refractivity contribution in [2.45, 2.75) is 26.9 Å². The molecule has 2 aromatic rings. The minimum atomic E-state index is -0.434. The van der Waals surface area contributed by atoms with Crippen LogP contribution < -0.4 is 10.6 Å². The molecule has 2 N–H and O–H groups in total. The molecule has 134 valence electrons. The number of ether oxygens (including phenoxy) is 1. The number of methoxy groups -OCH3 is 1. The van der Waals surface area contributed by atoms with E-state index in [0.29, 0.717) is 41.7 Å². The first-order chi connectivity index (χ1) is 11.9. The second-order valence-electron chi connectivity index (χ2n) is 5.54. The van der Waals surface area contributed by atoms with Gasteiger partial charge in [-0.25, -0.2) is 9.18 Å². The third-order valence-corrected chi connectivity index (χ3v) is 3.72. The van der Waals surface area contributed by atoms with Crippen molar-refractivity contribution in [2.75, 3.05) is 14.2 Å². The molecule has 2 rings (SSSR count). The summed E-state index contributed by atoms with van der Waals surface area (Å²) in [6.45, 7) is 4.21. The summed E-state index contributed by atoms with van der Waals surface area (Å²) in [7, 11) is 2.96. The number of hydrogen-bond acceptors (Lipinski definition) is 4. The highest BCUT2D eigenvalue weighted by Crippen LogP contribution is 2.15. The van der Waals surface area contributed by atoms with Crippen molar-refractivity contribution in [1.29, 1.82) is 0 Å². The first-order valence-electron chi connectivity index (χ1n) is 7.81. The number of furan rings is 1. The fourth-order valence-electron chi connectivity index (χ4n) is 2.27. The number of rotatable bonds is 5. The number of guanidine groups is 1. The summed E-state index contributed by atoms with van der Waals surface area (Å²) < 4.78 is 23.8. The Morgan fingerprint density at radius 1 is 1.24 bits per heavy atom. The Kier molecular flexibility index (Phi) is 6.16. The smallest absolute Gasteiger partial charge is 0.341 e. The molecule has 0 saturated carbocycles. The summed E-state index contributed by atoms with van der Waals surface area (Å²) >= 11 is 0. The number of aliphatic imine (C=N–C) groups is 1. The number of benzene rings is 1. The van der Waals surface area contributed by atoms with E-state index in [1.807, 2.05) is 6.07 Å². The molecule has 0 fully saturated rings. The van der Waals surface area contributed by atoms with Gasteiger partial charge in [0.25, 0.3) is 0 Å². The Morgan fingerprint density at radius 2 is 1.96 bits per heavy atom. The monoisotopic (exact) mass is 347 g/mol. The van der Waals surface area contributed by atoms with Crippen LogP contribution in [0.1, 0.15) is 33.0 Å². The zero-order valence-corrected chi connectivity index (χ0v) is 14.8. The van der Waals surface area contributed by atoms with Gasteiger partial charge in [0.15, 0.2) is 5.96 Å². The van der Waals surface area contributed by atoms with Crippen LogP contribution >= 0.6 is 0 Å². The van der Waals surface area contributed by atoms with E-state index in [1.165, 1.54) is 13.2 Å². The van der Waals surface area contributed by atoms with E-state index in [0.717, 1.165) is 5.56 Å². The van der Waals surface area contributed by atoms with Crippen molar-refractivity contribution in [3.8, 4) is 0 Å². The minimum Gasteiger partial charge on any atom is -0.465 e. The first kappa shape index (κ1) is 18.5. The normalized spacial score (nSPS) is 11.3. The van der Waals surface area contributed by atoms with E-state index in [2.05, 4.69) is 15.6 Å². The highest BCUT2D eigenvalue weighted by Gasteiger charge is 2.15. The topological polar surface area (TPSA) is 75.9 Å². The molecule has 1 aromatic heterocycles. The third-order valence-electron chi connectivity index (χ3n) is 3.72. The Balaban J connectivity index is 1.92. The number of nitrogens with one attached hydrogen (secondary N) is 2. The molecule has 0 aliphatic carbocycles. The van der Waals surface area contributed by atoms with Gasteiger partial charge in [-0.05, 0) is 37.1 Å². The lowest BCUT2D eigenvalue weighted by atomic mass is 10.1. The van der Waals surface area contributed by atoms with Crippen LogP contribution in [0.15, 0.2) is 33.7 Å². The molecule has 0 aliphatic heterocycles. The highest BCUT2D eigenvalue weighted by atomic mass is 19.1. The van der Waals surface area contributed by atoms with Crippen LogP contribution in [-0.4, -0.2) is 26.1 Å². The van der Waals surface area contributed by atoms with Gasteiger partial charge < -0.3 is 19.8 Å². The second kappa shape index (κ2) is 8.32. The number of nitrogens with zero attached hydrogens (tertiary/aromatic N) is 1. The summed E-state index contributed by atoms with van der Waals surface area (Å²) in [6.07, 6.45) is 0. The Morgan fingerprint density at radius 3 is 2.60 bits per heavy atom. The molecule has 0 saturated heterocycles. The molecule has 0 aliphatic rings. The SMILES string of the molecule is CN=C(NCc1ccc(C)c(F)c1)NCc1cc(C(=O)OC)c(C)o1. The third kappa shape index (κ3) is 4.82. The van der Waals surface area contributed by atoms with Crippen LogP contribution in [0.4, 0.5) is 4.39 Å². The molecule has 7 heteroatoms. The maximum atomic E-state index is 13.6. The van der Waals surface area contributed by atoms with E-state index >= 15 is 0 Å². The van der Waals surface area contributed by atoms with Gasteiger partial charge in [0.2, 0.25) is 0 Å². The number of hydrogen-bond donors (Lipinski definition) is 2. The predicted octanol–water partition coefficient (Wildman–Crippen LogP) is 2.69. The molecule has 0 radical (unpaired) electrons. The van der Waals surface area contributed by atoms with Crippen molar-refractivity contribution < 1.29 is 18.3 Å². The molecule has 25 heavy (non-hydrogen) atoms. The van der Waals surface area contributed by atoms with Crippen molar-refractivity contribution in [2.24, 2.45) is 4.99 Å². The molecule has 1 heterocycles. The average Bonchev–Trinajstić information content (AvgIpc) is 2.98. The Labute approximate surface area is 146 Å². The molecule has 0 bridgehead atoms. The Hall–Kier alpha value is -2.83. The predicted molar refractivity (Wildman–Crippen MR) is 93.0 cm³/mol. The zero-order chi connectivity index (χ0) is 18.4. The van der Waals surface area contributed by atoms with Crippen LogP contribution in [0.2, 0.25) is 0 Å². The highest BCUT2D eigenvalue weighted by molar-refractivity contribution is 5.90. The maximum Gasteiger partial charge on any atom is 0.341 e. The molecule has 1 aromatic carbocycles. The van der Waals surface area contributed by atoms with Gasteiger partial charge in [-0.2, -0.15) is 0 Å². The van der Waals surface area contributed by atoms with Crippen molar-refractivity contribution >= 4 is 11.9 Å². The van der Waals surface area contributed by atoms with E-state index in [-0.39, 0.29) is 5.82 Å². The fourth-order valence-corrected chi connectivity index (χ4v) is 2.27. The molecular formula is C18H22FN3O3.